The lowest BCUT2D eigenvalue weighted by Gasteiger charge is -2.16. The highest BCUT2D eigenvalue weighted by Gasteiger charge is 2.35. The normalized spacial score (nSPS) is 17.1. The number of anilines is 1. The summed E-state index contributed by atoms with van der Waals surface area (Å²) in [7, 11) is 0. The summed E-state index contributed by atoms with van der Waals surface area (Å²) in [4.78, 5) is 26.0. The molecule has 0 unspecified atom stereocenters. The van der Waals surface area contributed by atoms with Gasteiger partial charge in [0, 0.05) is 24.2 Å². The Hall–Kier alpha value is -2.73. The van der Waals surface area contributed by atoms with Crippen molar-refractivity contribution >= 4 is 35.3 Å². The first-order chi connectivity index (χ1) is 12.5. The van der Waals surface area contributed by atoms with E-state index in [-0.39, 0.29) is 29.5 Å². The van der Waals surface area contributed by atoms with Crippen molar-refractivity contribution in [2.45, 2.75) is 13.3 Å². The van der Waals surface area contributed by atoms with Gasteiger partial charge in [-0.3, -0.25) is 9.59 Å². The summed E-state index contributed by atoms with van der Waals surface area (Å²) in [6.45, 7) is 2.25. The predicted molar refractivity (Wildman–Crippen MR) is 98.8 cm³/mol. The lowest BCUT2D eigenvalue weighted by Crippen LogP contribution is -2.30. The molecule has 1 saturated heterocycles. The molecule has 0 saturated carbocycles. The van der Waals surface area contributed by atoms with Crippen LogP contribution in [0.2, 0.25) is 5.02 Å². The van der Waals surface area contributed by atoms with Crippen LogP contribution >= 0.6 is 11.6 Å². The Kier molecular flexibility index (Phi) is 5.32. The summed E-state index contributed by atoms with van der Waals surface area (Å²) in [6, 6.07) is 11.8. The average Bonchev–Trinajstić information content (AvgIpc) is 3.00. The number of hydrogen-bond acceptors (Lipinski definition) is 3. The molecule has 0 radical (unpaired) electrons. The number of benzene rings is 2. The van der Waals surface area contributed by atoms with Crippen molar-refractivity contribution < 1.29 is 14.0 Å². The monoisotopic (exact) mass is 373 g/mol. The first-order valence-electron chi connectivity index (χ1n) is 8.09. The van der Waals surface area contributed by atoms with Crippen molar-refractivity contribution in [1.29, 1.82) is 0 Å². The summed E-state index contributed by atoms with van der Waals surface area (Å²) in [6.07, 6.45) is 1.26. The van der Waals surface area contributed by atoms with E-state index in [1.54, 1.807) is 4.90 Å². The van der Waals surface area contributed by atoms with Gasteiger partial charge in [-0.05, 0) is 31.2 Å². The summed E-state index contributed by atoms with van der Waals surface area (Å²) in [5, 5.41) is 3.96. The summed E-state index contributed by atoms with van der Waals surface area (Å²) in [5.41, 5.74) is 4.31. The predicted octanol–water partition coefficient (Wildman–Crippen LogP) is 3.29. The molecule has 5 nitrogen and oxygen atoms in total. The Labute approximate surface area is 155 Å². The number of amides is 2. The number of aryl methyl sites for hydroxylation is 1. The van der Waals surface area contributed by atoms with Crippen molar-refractivity contribution in [1.82, 2.24) is 5.43 Å². The maximum atomic E-state index is 13.7. The zero-order valence-electron chi connectivity index (χ0n) is 14.1. The Morgan fingerprint density at radius 3 is 2.73 bits per heavy atom. The van der Waals surface area contributed by atoms with E-state index < -0.39 is 17.6 Å². The number of carbonyl (C=O) groups excluding carboxylic acids is 2. The van der Waals surface area contributed by atoms with Crippen LogP contribution in [0.25, 0.3) is 0 Å². The van der Waals surface area contributed by atoms with Crippen molar-refractivity contribution in [3.63, 3.8) is 0 Å². The first kappa shape index (κ1) is 18.1. The summed E-state index contributed by atoms with van der Waals surface area (Å²) >= 11 is 5.89. The van der Waals surface area contributed by atoms with Crippen LogP contribution in [-0.4, -0.2) is 24.6 Å². The van der Waals surface area contributed by atoms with Crippen LogP contribution < -0.4 is 10.3 Å². The van der Waals surface area contributed by atoms with E-state index in [9.17, 15) is 14.0 Å². The van der Waals surface area contributed by atoms with Crippen LogP contribution in [0, 0.1) is 18.7 Å². The quantitative estimate of drug-likeness (QED) is 0.660. The van der Waals surface area contributed by atoms with Gasteiger partial charge in [0.1, 0.15) is 5.82 Å². The third kappa shape index (κ3) is 3.91. The third-order valence-corrected chi connectivity index (χ3v) is 4.54. The fourth-order valence-corrected chi connectivity index (χ4v) is 2.96. The van der Waals surface area contributed by atoms with Crippen molar-refractivity contribution in [2.75, 3.05) is 11.4 Å². The van der Waals surface area contributed by atoms with E-state index >= 15 is 0 Å². The maximum absolute atomic E-state index is 13.7. The van der Waals surface area contributed by atoms with Crippen molar-refractivity contribution in [3.8, 4) is 0 Å². The topological polar surface area (TPSA) is 61.8 Å². The highest BCUT2D eigenvalue weighted by molar-refractivity contribution is 6.33. The number of nitrogens with zero attached hydrogens (tertiary/aromatic N) is 2. The molecule has 0 aromatic heterocycles. The number of hydrazone groups is 1. The molecule has 134 valence electrons. The van der Waals surface area contributed by atoms with Crippen LogP contribution in [0.3, 0.4) is 0 Å². The molecule has 2 amide bonds. The van der Waals surface area contributed by atoms with Crippen LogP contribution in [0.4, 0.5) is 10.1 Å². The Morgan fingerprint density at radius 2 is 2.04 bits per heavy atom. The second kappa shape index (κ2) is 7.66. The zero-order chi connectivity index (χ0) is 18.7. The largest absolute Gasteiger partial charge is 0.312 e. The molecule has 0 bridgehead atoms. The fraction of sp³-hybridized carbons (Fsp3) is 0.211. The third-order valence-electron chi connectivity index (χ3n) is 4.21. The van der Waals surface area contributed by atoms with Gasteiger partial charge in [-0.2, -0.15) is 5.10 Å². The van der Waals surface area contributed by atoms with Gasteiger partial charge in [0.2, 0.25) is 11.8 Å². The van der Waals surface area contributed by atoms with E-state index in [2.05, 4.69) is 10.5 Å². The second-order valence-electron chi connectivity index (χ2n) is 6.11. The molecule has 1 aliphatic heterocycles. The van der Waals surface area contributed by atoms with E-state index in [1.165, 1.54) is 18.2 Å². The standard InChI is InChI=1S/C19H17ClFN3O2/c1-12-5-7-14(8-6-12)24-11-13(9-18(24)25)19(26)23-22-10-15-16(20)3-2-4-17(15)21/h2-8,10,13H,9,11H2,1H3,(H,23,26)/b22-10-/t13-/m1/s1. The van der Waals surface area contributed by atoms with Crippen LogP contribution in [0.5, 0.6) is 0 Å². The molecule has 2 aromatic carbocycles. The molecule has 1 atom stereocenters. The number of rotatable bonds is 4. The minimum absolute atomic E-state index is 0.0956. The van der Waals surface area contributed by atoms with Gasteiger partial charge in [0.05, 0.1) is 17.2 Å². The highest BCUT2D eigenvalue weighted by Crippen LogP contribution is 2.25. The minimum atomic E-state index is -0.530. The molecule has 0 spiro atoms. The molecular formula is C19H17ClFN3O2. The Bertz CT molecular complexity index is 847. The zero-order valence-corrected chi connectivity index (χ0v) is 14.8. The lowest BCUT2D eigenvalue weighted by atomic mass is 10.1. The maximum Gasteiger partial charge on any atom is 0.245 e. The van der Waals surface area contributed by atoms with Crippen molar-refractivity contribution in [2.24, 2.45) is 11.0 Å². The van der Waals surface area contributed by atoms with E-state index in [0.717, 1.165) is 17.5 Å². The van der Waals surface area contributed by atoms with Gasteiger partial charge >= 0.3 is 0 Å². The van der Waals surface area contributed by atoms with E-state index in [0.29, 0.717) is 0 Å². The molecule has 7 heteroatoms. The van der Waals surface area contributed by atoms with E-state index in [4.69, 9.17) is 11.6 Å². The molecule has 1 aliphatic rings. The SMILES string of the molecule is Cc1ccc(N2C[C@H](C(=O)N/N=C\c3c(F)cccc3Cl)CC2=O)cc1. The molecule has 1 heterocycles. The molecule has 1 fully saturated rings. The summed E-state index contributed by atoms with van der Waals surface area (Å²) < 4.78 is 13.7. The number of halogens is 2. The highest BCUT2D eigenvalue weighted by atomic mass is 35.5. The molecule has 2 aromatic rings. The molecular weight excluding hydrogens is 357 g/mol. The number of nitrogens with one attached hydrogen (secondary N) is 1. The van der Waals surface area contributed by atoms with Crippen LogP contribution in [0.15, 0.2) is 47.6 Å². The van der Waals surface area contributed by atoms with Gasteiger partial charge in [0.25, 0.3) is 0 Å². The molecule has 0 aliphatic carbocycles. The van der Waals surface area contributed by atoms with Gasteiger partial charge in [0.15, 0.2) is 0 Å². The lowest BCUT2D eigenvalue weighted by molar-refractivity contribution is -0.126. The molecule has 3 rings (SSSR count). The second-order valence-corrected chi connectivity index (χ2v) is 6.52. The van der Waals surface area contributed by atoms with Gasteiger partial charge in [-0.1, -0.05) is 35.4 Å². The average molecular weight is 374 g/mol. The van der Waals surface area contributed by atoms with Gasteiger partial charge < -0.3 is 4.90 Å². The van der Waals surface area contributed by atoms with Gasteiger partial charge in [-0.25, -0.2) is 9.82 Å². The van der Waals surface area contributed by atoms with Gasteiger partial charge in [-0.15, -0.1) is 0 Å². The minimum Gasteiger partial charge on any atom is -0.312 e. The van der Waals surface area contributed by atoms with E-state index in [1.807, 2.05) is 31.2 Å². The smallest absolute Gasteiger partial charge is 0.245 e. The first-order valence-corrected chi connectivity index (χ1v) is 8.47. The number of carbonyl (C=O) groups is 2. The Balaban J connectivity index is 1.63. The number of hydrogen-bond donors (Lipinski definition) is 1. The Morgan fingerprint density at radius 1 is 1.31 bits per heavy atom. The molecule has 1 N–H and O–H groups in total. The van der Waals surface area contributed by atoms with Crippen LogP contribution in [0.1, 0.15) is 17.5 Å². The fourth-order valence-electron chi connectivity index (χ4n) is 2.74. The summed E-state index contributed by atoms with van der Waals surface area (Å²) in [5.74, 6) is -1.55. The van der Waals surface area contributed by atoms with Crippen molar-refractivity contribution in [3.05, 3.63) is 64.4 Å². The molecule has 26 heavy (non-hydrogen) atoms. The van der Waals surface area contributed by atoms with Crippen LogP contribution in [-0.2, 0) is 9.59 Å².